The van der Waals surface area contributed by atoms with Gasteiger partial charge >= 0.3 is 0 Å². The van der Waals surface area contributed by atoms with Crippen molar-refractivity contribution in [3.8, 4) is 0 Å². The van der Waals surface area contributed by atoms with Crippen molar-refractivity contribution >= 4 is 28.3 Å². The van der Waals surface area contributed by atoms with E-state index in [2.05, 4.69) is 20.4 Å². The molecule has 0 spiro atoms. The van der Waals surface area contributed by atoms with Crippen molar-refractivity contribution in [2.75, 3.05) is 31.1 Å². The fraction of sp³-hybridized carbons (Fsp3) is 0.385. The van der Waals surface area contributed by atoms with Gasteiger partial charge in [0.2, 0.25) is 0 Å². The molecule has 1 aliphatic carbocycles. The van der Waals surface area contributed by atoms with Crippen molar-refractivity contribution in [2.45, 2.75) is 37.8 Å². The number of hydrogen-bond acceptors (Lipinski definition) is 7. The van der Waals surface area contributed by atoms with Crippen LogP contribution in [0.15, 0.2) is 57.9 Å². The average Bonchev–Trinajstić information content (AvgIpc) is 3.59. The van der Waals surface area contributed by atoms with Crippen LogP contribution in [0.1, 0.15) is 49.2 Å². The molecular formula is C26H26ClFN6O2. The summed E-state index contributed by atoms with van der Waals surface area (Å²) >= 11 is 6.21. The van der Waals surface area contributed by atoms with Gasteiger partial charge in [-0.1, -0.05) is 36.6 Å². The smallest absolute Gasteiger partial charge is 0.197 e. The van der Waals surface area contributed by atoms with Crippen LogP contribution in [-0.2, 0) is 0 Å². The van der Waals surface area contributed by atoms with Gasteiger partial charge in [-0.15, -0.1) is 5.10 Å². The number of hydrogen-bond donors (Lipinski definition) is 0. The monoisotopic (exact) mass is 508 g/mol. The van der Waals surface area contributed by atoms with Gasteiger partial charge in [0, 0.05) is 31.2 Å². The highest BCUT2D eigenvalue weighted by Gasteiger charge is 2.35. The lowest BCUT2D eigenvalue weighted by atomic mass is 10.0. The molecule has 4 aromatic rings. The zero-order valence-electron chi connectivity index (χ0n) is 19.7. The molecule has 3 heterocycles. The van der Waals surface area contributed by atoms with E-state index in [1.165, 1.54) is 12.3 Å². The van der Waals surface area contributed by atoms with Gasteiger partial charge in [0.1, 0.15) is 23.7 Å². The number of fused-ring (bicyclic) bond motifs is 1. The number of nitrogens with zero attached hydrogens (tertiary/aromatic N) is 6. The van der Waals surface area contributed by atoms with E-state index in [4.69, 9.17) is 16.0 Å². The molecule has 2 fully saturated rings. The first-order valence-corrected chi connectivity index (χ1v) is 12.7. The first-order valence-electron chi connectivity index (χ1n) is 12.3. The van der Waals surface area contributed by atoms with Crippen molar-refractivity contribution in [1.29, 1.82) is 0 Å². The van der Waals surface area contributed by atoms with Gasteiger partial charge in [-0.25, -0.2) is 9.07 Å². The summed E-state index contributed by atoms with van der Waals surface area (Å²) < 4.78 is 22.2. The van der Waals surface area contributed by atoms with E-state index in [0.29, 0.717) is 59.2 Å². The Morgan fingerprint density at radius 1 is 1.06 bits per heavy atom. The standard InChI is InChI=1S/C26H26ClFN6O2/c27-17-9-10-23-19(15-17)25(35)20(16-36-23)24(26-29-30-31-34(26)18-5-1-2-6-18)33-13-11-32(12-14-33)22-8-4-3-7-21(22)28/h3-4,7-10,15-16,18,24H,1-2,5-6,11-14H2/t24-/m1/s1. The molecule has 2 aliphatic rings. The molecule has 0 amide bonds. The average molecular weight is 509 g/mol. The Hall–Kier alpha value is -3.30. The van der Waals surface area contributed by atoms with Gasteiger partial charge in [0.15, 0.2) is 11.3 Å². The summed E-state index contributed by atoms with van der Waals surface area (Å²) in [6.07, 6.45) is 5.81. The molecule has 1 saturated heterocycles. The Bertz CT molecular complexity index is 1440. The molecule has 0 radical (unpaired) electrons. The summed E-state index contributed by atoms with van der Waals surface area (Å²) in [5.74, 6) is 0.398. The van der Waals surface area contributed by atoms with Gasteiger partial charge in [-0.05, 0) is 53.6 Å². The minimum atomic E-state index is -0.497. The molecule has 36 heavy (non-hydrogen) atoms. The minimum absolute atomic E-state index is 0.152. The van der Waals surface area contributed by atoms with E-state index in [0.717, 1.165) is 25.7 Å². The maximum Gasteiger partial charge on any atom is 0.197 e. The largest absolute Gasteiger partial charge is 0.464 e. The summed E-state index contributed by atoms with van der Waals surface area (Å²) in [5, 5.41) is 13.7. The van der Waals surface area contributed by atoms with Crippen LogP contribution in [0.4, 0.5) is 10.1 Å². The van der Waals surface area contributed by atoms with Crippen molar-refractivity contribution in [1.82, 2.24) is 25.1 Å². The van der Waals surface area contributed by atoms with E-state index < -0.39 is 6.04 Å². The zero-order chi connectivity index (χ0) is 24.6. The predicted octanol–water partition coefficient (Wildman–Crippen LogP) is 4.60. The van der Waals surface area contributed by atoms with Gasteiger partial charge in [0.05, 0.1) is 22.7 Å². The Morgan fingerprint density at radius 3 is 2.61 bits per heavy atom. The quantitative estimate of drug-likeness (QED) is 0.390. The number of aromatic nitrogens is 4. The second kappa shape index (κ2) is 9.63. The van der Waals surface area contributed by atoms with Crippen molar-refractivity contribution < 1.29 is 8.81 Å². The topological polar surface area (TPSA) is 80.3 Å². The lowest BCUT2D eigenvalue weighted by Gasteiger charge is -2.39. The van der Waals surface area contributed by atoms with Gasteiger partial charge in [-0.2, -0.15) is 0 Å². The summed E-state index contributed by atoms with van der Waals surface area (Å²) in [4.78, 5) is 18.0. The third kappa shape index (κ3) is 4.16. The van der Waals surface area contributed by atoms with Gasteiger partial charge in [0.25, 0.3) is 0 Å². The van der Waals surface area contributed by atoms with Crippen LogP contribution >= 0.6 is 11.6 Å². The SMILES string of the molecule is O=c1c([C@H](c2nnnn2C2CCCC2)N2CCN(c3ccccc3F)CC2)coc2ccc(Cl)cc12. The number of halogens is 2. The summed E-state index contributed by atoms with van der Waals surface area (Å²) in [6.45, 7) is 2.41. The van der Waals surface area contributed by atoms with Crippen LogP contribution < -0.4 is 10.3 Å². The van der Waals surface area contributed by atoms with Crippen LogP contribution in [-0.4, -0.2) is 51.3 Å². The second-order valence-corrected chi connectivity index (χ2v) is 9.89. The maximum atomic E-state index is 14.4. The van der Waals surface area contributed by atoms with Crippen LogP contribution in [0.5, 0.6) is 0 Å². The second-order valence-electron chi connectivity index (χ2n) is 9.46. The lowest BCUT2D eigenvalue weighted by Crippen LogP contribution is -2.49. The molecule has 10 heteroatoms. The van der Waals surface area contributed by atoms with Crippen molar-refractivity contribution in [3.63, 3.8) is 0 Å². The van der Waals surface area contributed by atoms with Crippen LogP contribution in [0, 0.1) is 5.82 Å². The number of anilines is 1. The number of tetrazole rings is 1. The Morgan fingerprint density at radius 2 is 1.83 bits per heavy atom. The lowest BCUT2D eigenvalue weighted by molar-refractivity contribution is 0.195. The Balaban J connectivity index is 1.40. The molecule has 1 atom stereocenters. The number of para-hydroxylation sites is 1. The highest BCUT2D eigenvalue weighted by molar-refractivity contribution is 6.31. The highest BCUT2D eigenvalue weighted by atomic mass is 35.5. The third-order valence-corrected chi connectivity index (χ3v) is 7.60. The first kappa shape index (κ1) is 23.1. The molecule has 6 rings (SSSR count). The van der Waals surface area contributed by atoms with E-state index in [9.17, 15) is 9.18 Å². The Kier molecular flexibility index (Phi) is 6.18. The van der Waals surface area contributed by atoms with E-state index in [1.807, 2.05) is 15.6 Å². The van der Waals surface area contributed by atoms with E-state index >= 15 is 0 Å². The van der Waals surface area contributed by atoms with Crippen LogP contribution in [0.3, 0.4) is 0 Å². The Labute approximate surface area is 212 Å². The number of piperazine rings is 1. The molecule has 0 unspecified atom stereocenters. The predicted molar refractivity (Wildman–Crippen MR) is 135 cm³/mol. The summed E-state index contributed by atoms with van der Waals surface area (Å²) in [7, 11) is 0. The molecule has 8 nitrogen and oxygen atoms in total. The summed E-state index contributed by atoms with van der Waals surface area (Å²) in [5.41, 5.74) is 1.38. The molecule has 2 aromatic carbocycles. The molecule has 2 aromatic heterocycles. The van der Waals surface area contributed by atoms with E-state index in [-0.39, 0.29) is 17.3 Å². The van der Waals surface area contributed by atoms with Gasteiger partial charge in [-0.3, -0.25) is 9.69 Å². The molecule has 0 N–H and O–H groups in total. The fourth-order valence-electron chi connectivity index (χ4n) is 5.52. The molecular weight excluding hydrogens is 483 g/mol. The van der Waals surface area contributed by atoms with Crippen LogP contribution in [0.25, 0.3) is 11.0 Å². The molecule has 186 valence electrons. The van der Waals surface area contributed by atoms with Gasteiger partial charge < -0.3 is 9.32 Å². The van der Waals surface area contributed by atoms with Crippen LogP contribution in [0.2, 0.25) is 5.02 Å². The van der Waals surface area contributed by atoms with Crippen molar-refractivity contribution in [3.05, 3.63) is 81.2 Å². The number of rotatable bonds is 5. The normalized spacial score (nSPS) is 18.2. The molecule has 1 saturated carbocycles. The zero-order valence-corrected chi connectivity index (χ0v) is 20.4. The highest BCUT2D eigenvalue weighted by Crippen LogP contribution is 2.34. The molecule has 0 bridgehead atoms. The first-order chi connectivity index (χ1) is 17.6. The molecule has 1 aliphatic heterocycles. The third-order valence-electron chi connectivity index (χ3n) is 7.36. The van der Waals surface area contributed by atoms with E-state index in [1.54, 1.807) is 30.3 Å². The fourth-order valence-corrected chi connectivity index (χ4v) is 5.70. The van der Waals surface area contributed by atoms with Crippen molar-refractivity contribution in [2.24, 2.45) is 0 Å². The maximum absolute atomic E-state index is 14.4. The number of benzene rings is 2. The minimum Gasteiger partial charge on any atom is -0.464 e. The summed E-state index contributed by atoms with van der Waals surface area (Å²) in [6, 6.07) is 11.6.